The molecule has 0 bridgehead atoms. The van der Waals surface area contributed by atoms with Crippen molar-refractivity contribution in [3.8, 4) is 0 Å². The lowest BCUT2D eigenvalue weighted by Crippen LogP contribution is -2.23. The van der Waals surface area contributed by atoms with Crippen LogP contribution in [0.1, 0.15) is 53.4 Å². The van der Waals surface area contributed by atoms with Gasteiger partial charge in [-0.1, -0.05) is 0 Å². The molecular weight excluding hydrogens is 340 g/mol. The molecule has 7 heteroatoms. The summed E-state index contributed by atoms with van der Waals surface area (Å²) in [5.74, 6) is 1.18. The van der Waals surface area contributed by atoms with E-state index in [-0.39, 0.29) is 5.91 Å². The van der Waals surface area contributed by atoms with E-state index in [9.17, 15) is 4.79 Å². The summed E-state index contributed by atoms with van der Waals surface area (Å²) in [6.45, 7) is 7.53. The number of carbonyl (C=O) groups is 1. The smallest absolute Gasteiger partial charge is 0.220 e. The van der Waals surface area contributed by atoms with Crippen molar-refractivity contribution >= 4 is 11.6 Å². The average Bonchev–Trinajstić information content (AvgIpc) is 3.22. The largest absolute Gasteiger partial charge is 0.350 e. The Morgan fingerprint density at radius 1 is 1.22 bits per heavy atom. The third-order valence-corrected chi connectivity index (χ3v) is 5.31. The molecule has 0 aromatic carbocycles. The van der Waals surface area contributed by atoms with Crippen molar-refractivity contribution in [2.24, 2.45) is 0 Å². The van der Waals surface area contributed by atoms with Gasteiger partial charge < -0.3 is 9.88 Å². The van der Waals surface area contributed by atoms with Gasteiger partial charge in [0.05, 0.1) is 17.9 Å². The van der Waals surface area contributed by atoms with E-state index in [1.165, 1.54) is 12.8 Å². The van der Waals surface area contributed by atoms with Crippen LogP contribution < -0.4 is 5.32 Å². The van der Waals surface area contributed by atoms with Crippen LogP contribution in [0.2, 0.25) is 0 Å². The van der Waals surface area contributed by atoms with Gasteiger partial charge >= 0.3 is 0 Å². The number of nitrogens with zero attached hydrogens (tertiary/aromatic N) is 5. The van der Waals surface area contributed by atoms with E-state index < -0.39 is 0 Å². The molecule has 1 aliphatic rings. The summed E-state index contributed by atoms with van der Waals surface area (Å²) >= 11 is 0. The zero-order chi connectivity index (χ0) is 19.0. The second kappa shape index (κ2) is 7.13. The lowest BCUT2D eigenvalue weighted by atomic mass is 10.1. The predicted molar refractivity (Wildman–Crippen MR) is 103 cm³/mol. The summed E-state index contributed by atoms with van der Waals surface area (Å²) in [5.41, 5.74) is 5.87. The molecule has 4 heterocycles. The van der Waals surface area contributed by atoms with Crippen LogP contribution in [-0.4, -0.2) is 30.1 Å². The molecule has 0 aliphatic carbocycles. The number of carbonyl (C=O) groups excluding carboxylic acids is 1. The topological polar surface area (TPSA) is 77.1 Å². The normalized spacial score (nSPS) is 13.7. The molecule has 0 saturated carbocycles. The Kier molecular flexibility index (Phi) is 4.68. The van der Waals surface area contributed by atoms with Gasteiger partial charge in [0.2, 0.25) is 5.91 Å². The molecule has 0 spiro atoms. The van der Waals surface area contributed by atoms with Crippen molar-refractivity contribution in [2.75, 3.05) is 0 Å². The summed E-state index contributed by atoms with van der Waals surface area (Å²) in [6.07, 6.45) is 6.61. The summed E-state index contributed by atoms with van der Waals surface area (Å²) in [4.78, 5) is 21.6. The van der Waals surface area contributed by atoms with Crippen LogP contribution in [-0.2, 0) is 30.7 Å². The van der Waals surface area contributed by atoms with Gasteiger partial charge in [0.1, 0.15) is 5.82 Å². The van der Waals surface area contributed by atoms with Crippen LogP contribution in [0.25, 0.3) is 5.65 Å². The average molecular weight is 366 g/mol. The molecule has 7 nitrogen and oxygen atoms in total. The minimum absolute atomic E-state index is 0.0384. The van der Waals surface area contributed by atoms with Gasteiger partial charge in [-0.25, -0.2) is 14.5 Å². The van der Waals surface area contributed by atoms with Crippen LogP contribution in [0.15, 0.2) is 12.3 Å². The number of fused-ring (bicyclic) bond motifs is 2. The van der Waals surface area contributed by atoms with E-state index in [0.717, 1.165) is 52.8 Å². The van der Waals surface area contributed by atoms with Gasteiger partial charge in [0, 0.05) is 43.0 Å². The predicted octanol–water partition coefficient (Wildman–Crippen LogP) is 2.44. The van der Waals surface area contributed by atoms with Crippen molar-refractivity contribution in [1.82, 2.24) is 29.5 Å². The maximum atomic E-state index is 12.3. The van der Waals surface area contributed by atoms with Crippen molar-refractivity contribution < 1.29 is 4.79 Å². The zero-order valence-corrected chi connectivity index (χ0v) is 16.2. The first kappa shape index (κ1) is 17.7. The van der Waals surface area contributed by atoms with Gasteiger partial charge in [-0.3, -0.25) is 4.79 Å². The minimum Gasteiger partial charge on any atom is -0.350 e. The third-order valence-electron chi connectivity index (χ3n) is 5.31. The molecule has 3 aromatic rings. The van der Waals surface area contributed by atoms with E-state index >= 15 is 0 Å². The fourth-order valence-electron chi connectivity index (χ4n) is 3.88. The van der Waals surface area contributed by atoms with Crippen LogP contribution in [0.4, 0.5) is 0 Å². The van der Waals surface area contributed by atoms with E-state index in [0.29, 0.717) is 19.4 Å². The molecule has 1 N–H and O–H groups in total. The second-order valence-corrected chi connectivity index (χ2v) is 7.39. The summed E-state index contributed by atoms with van der Waals surface area (Å²) in [6, 6.07) is 1.97. The Morgan fingerprint density at radius 3 is 2.89 bits per heavy atom. The summed E-state index contributed by atoms with van der Waals surface area (Å²) in [5, 5.41) is 7.49. The van der Waals surface area contributed by atoms with Crippen molar-refractivity contribution in [3.63, 3.8) is 0 Å². The second-order valence-electron chi connectivity index (χ2n) is 7.39. The quantitative estimate of drug-likeness (QED) is 0.752. The summed E-state index contributed by atoms with van der Waals surface area (Å²) in [7, 11) is 0. The molecule has 0 saturated heterocycles. The number of hydrogen-bond acceptors (Lipinski definition) is 4. The molecule has 1 aliphatic heterocycles. The highest BCUT2D eigenvalue weighted by molar-refractivity contribution is 5.76. The SMILES string of the molecule is Cc1cc2nc(C)c(CCC(=O)NCc3cn4c(n3)CCCC4)c(C)n2n1. The molecule has 0 fully saturated rings. The first-order chi connectivity index (χ1) is 13.0. The highest BCUT2D eigenvalue weighted by Gasteiger charge is 2.14. The Balaban J connectivity index is 1.38. The molecule has 0 atom stereocenters. The Hall–Kier alpha value is -2.70. The van der Waals surface area contributed by atoms with Gasteiger partial charge in [-0.2, -0.15) is 5.10 Å². The van der Waals surface area contributed by atoms with E-state index in [1.807, 2.05) is 31.4 Å². The van der Waals surface area contributed by atoms with E-state index in [1.54, 1.807) is 0 Å². The number of nitrogens with one attached hydrogen (secondary N) is 1. The van der Waals surface area contributed by atoms with Gasteiger partial charge in [-0.15, -0.1) is 0 Å². The van der Waals surface area contributed by atoms with Crippen molar-refractivity contribution in [1.29, 1.82) is 0 Å². The molecule has 3 aromatic heterocycles. The number of hydrogen-bond donors (Lipinski definition) is 1. The summed E-state index contributed by atoms with van der Waals surface area (Å²) < 4.78 is 4.08. The Morgan fingerprint density at radius 2 is 2.07 bits per heavy atom. The lowest BCUT2D eigenvalue weighted by molar-refractivity contribution is -0.121. The molecule has 27 heavy (non-hydrogen) atoms. The molecule has 4 rings (SSSR count). The number of aryl methyl sites for hydroxylation is 5. The zero-order valence-electron chi connectivity index (χ0n) is 16.2. The first-order valence-corrected chi connectivity index (χ1v) is 9.65. The fraction of sp³-hybridized carbons (Fsp3) is 0.500. The molecule has 1 amide bonds. The highest BCUT2D eigenvalue weighted by Crippen LogP contribution is 2.17. The standard InChI is InChI=1S/C20H26N6O/c1-13-10-19-22-14(2)17(15(3)26(19)24-13)7-8-20(27)21-11-16-12-25-9-5-4-6-18(25)23-16/h10,12H,4-9,11H2,1-3H3,(H,21,27). The van der Waals surface area contributed by atoms with Crippen LogP contribution in [0.5, 0.6) is 0 Å². The maximum Gasteiger partial charge on any atom is 0.220 e. The van der Waals surface area contributed by atoms with Crippen molar-refractivity contribution in [3.05, 3.63) is 46.4 Å². The molecule has 0 radical (unpaired) electrons. The first-order valence-electron chi connectivity index (χ1n) is 9.65. The highest BCUT2D eigenvalue weighted by atomic mass is 16.1. The molecule has 142 valence electrons. The molecular formula is C20H26N6O. The maximum absolute atomic E-state index is 12.3. The number of rotatable bonds is 5. The van der Waals surface area contributed by atoms with Crippen molar-refractivity contribution in [2.45, 2.75) is 66.0 Å². The minimum atomic E-state index is 0.0384. The third kappa shape index (κ3) is 3.59. The lowest BCUT2D eigenvalue weighted by Gasteiger charge is -2.11. The number of amides is 1. The number of aromatic nitrogens is 5. The van der Waals surface area contributed by atoms with Gasteiger partial charge in [0.25, 0.3) is 0 Å². The van der Waals surface area contributed by atoms with E-state index in [2.05, 4.69) is 31.1 Å². The van der Waals surface area contributed by atoms with Crippen LogP contribution in [0, 0.1) is 20.8 Å². The van der Waals surface area contributed by atoms with Crippen LogP contribution >= 0.6 is 0 Å². The van der Waals surface area contributed by atoms with Gasteiger partial charge in [0.15, 0.2) is 5.65 Å². The monoisotopic (exact) mass is 366 g/mol. The Bertz CT molecular complexity index is 976. The van der Waals surface area contributed by atoms with E-state index in [4.69, 9.17) is 0 Å². The fourth-order valence-corrected chi connectivity index (χ4v) is 3.88. The van der Waals surface area contributed by atoms with Crippen LogP contribution in [0.3, 0.4) is 0 Å². The van der Waals surface area contributed by atoms with Gasteiger partial charge in [-0.05, 0) is 45.6 Å². The number of imidazole rings is 1. The molecule has 0 unspecified atom stereocenters. The Labute approximate surface area is 158 Å².